The summed E-state index contributed by atoms with van der Waals surface area (Å²) in [5.41, 5.74) is 5.26. The standard InChI is InChI=1S/C12H24N2O3S/c1-12(2,13)9-14-11(15)7-8-18(16,17)10-5-3-4-6-10/h10H,3-9,13H2,1-2H3,(H,14,15). The van der Waals surface area contributed by atoms with Gasteiger partial charge in [0.25, 0.3) is 0 Å². The Labute approximate surface area is 109 Å². The second kappa shape index (κ2) is 6.02. The first-order valence-corrected chi connectivity index (χ1v) is 8.19. The van der Waals surface area contributed by atoms with E-state index in [1.807, 2.05) is 13.8 Å². The Balaban J connectivity index is 2.33. The zero-order chi connectivity index (χ0) is 13.8. The normalized spacial score (nSPS) is 17.9. The van der Waals surface area contributed by atoms with E-state index in [1.54, 1.807) is 0 Å². The van der Waals surface area contributed by atoms with E-state index in [1.165, 1.54) is 0 Å². The number of carbonyl (C=O) groups is 1. The molecule has 1 rings (SSSR count). The van der Waals surface area contributed by atoms with Crippen LogP contribution >= 0.6 is 0 Å². The average Bonchev–Trinajstić information content (AvgIpc) is 2.76. The highest BCUT2D eigenvalue weighted by Crippen LogP contribution is 2.25. The average molecular weight is 276 g/mol. The number of amides is 1. The van der Waals surface area contributed by atoms with Crippen molar-refractivity contribution < 1.29 is 13.2 Å². The minimum absolute atomic E-state index is 0.0366. The Kier molecular flexibility index (Phi) is 5.16. The molecule has 3 N–H and O–H groups in total. The highest BCUT2D eigenvalue weighted by molar-refractivity contribution is 7.92. The second-order valence-corrected chi connectivity index (χ2v) is 8.19. The van der Waals surface area contributed by atoms with E-state index < -0.39 is 15.4 Å². The summed E-state index contributed by atoms with van der Waals surface area (Å²) in [4.78, 5) is 11.5. The molecule has 6 heteroatoms. The largest absolute Gasteiger partial charge is 0.354 e. The van der Waals surface area contributed by atoms with Gasteiger partial charge in [0.2, 0.25) is 5.91 Å². The maximum Gasteiger partial charge on any atom is 0.221 e. The molecule has 1 aliphatic rings. The van der Waals surface area contributed by atoms with Crippen molar-refractivity contribution in [1.29, 1.82) is 0 Å². The van der Waals surface area contributed by atoms with Gasteiger partial charge in [-0.1, -0.05) is 12.8 Å². The molecule has 5 nitrogen and oxygen atoms in total. The molecule has 0 atom stereocenters. The molecule has 106 valence electrons. The van der Waals surface area contributed by atoms with Gasteiger partial charge in [-0.2, -0.15) is 0 Å². The number of hydrogen-bond acceptors (Lipinski definition) is 4. The Bertz CT molecular complexity index is 379. The molecule has 18 heavy (non-hydrogen) atoms. The van der Waals surface area contributed by atoms with Crippen LogP contribution in [0.3, 0.4) is 0 Å². The smallest absolute Gasteiger partial charge is 0.221 e. The van der Waals surface area contributed by atoms with Crippen LogP contribution in [-0.4, -0.2) is 37.4 Å². The second-order valence-electron chi connectivity index (χ2n) is 5.79. The van der Waals surface area contributed by atoms with Gasteiger partial charge in [-0.25, -0.2) is 8.42 Å². The zero-order valence-corrected chi connectivity index (χ0v) is 12.1. The number of nitrogens with two attached hydrogens (primary N) is 1. The van der Waals surface area contributed by atoms with Crippen LogP contribution < -0.4 is 11.1 Å². The van der Waals surface area contributed by atoms with Crippen LogP contribution in [0.4, 0.5) is 0 Å². The number of nitrogens with one attached hydrogen (secondary N) is 1. The van der Waals surface area contributed by atoms with E-state index in [2.05, 4.69) is 5.32 Å². The third-order valence-electron chi connectivity index (χ3n) is 3.16. The molecule has 1 aliphatic carbocycles. The summed E-state index contributed by atoms with van der Waals surface area (Å²) < 4.78 is 23.9. The van der Waals surface area contributed by atoms with E-state index in [4.69, 9.17) is 5.73 Å². The molecular formula is C12H24N2O3S. The Morgan fingerprint density at radius 3 is 2.39 bits per heavy atom. The highest BCUT2D eigenvalue weighted by Gasteiger charge is 2.28. The molecule has 0 aromatic rings. The van der Waals surface area contributed by atoms with Crippen molar-refractivity contribution in [3.8, 4) is 0 Å². The van der Waals surface area contributed by atoms with Gasteiger partial charge in [0.15, 0.2) is 9.84 Å². The first-order valence-electron chi connectivity index (χ1n) is 6.48. The van der Waals surface area contributed by atoms with E-state index in [0.717, 1.165) is 25.7 Å². The molecule has 0 spiro atoms. The summed E-state index contributed by atoms with van der Waals surface area (Å²) in [6.07, 6.45) is 3.50. The molecule has 0 saturated heterocycles. The molecule has 0 aromatic heterocycles. The Hall–Kier alpha value is -0.620. The Morgan fingerprint density at radius 1 is 1.33 bits per heavy atom. The highest BCUT2D eigenvalue weighted by atomic mass is 32.2. The lowest BCUT2D eigenvalue weighted by atomic mass is 10.1. The van der Waals surface area contributed by atoms with Crippen molar-refractivity contribution in [1.82, 2.24) is 5.32 Å². The predicted molar refractivity (Wildman–Crippen MR) is 71.9 cm³/mol. The van der Waals surface area contributed by atoms with Crippen LogP contribution in [0.2, 0.25) is 0 Å². The molecule has 0 radical (unpaired) electrons. The fourth-order valence-corrected chi connectivity index (χ4v) is 3.92. The topological polar surface area (TPSA) is 89.3 Å². The molecular weight excluding hydrogens is 252 g/mol. The first kappa shape index (κ1) is 15.4. The number of rotatable bonds is 6. The van der Waals surface area contributed by atoms with E-state index >= 15 is 0 Å². The van der Waals surface area contributed by atoms with Crippen molar-refractivity contribution in [2.75, 3.05) is 12.3 Å². The zero-order valence-electron chi connectivity index (χ0n) is 11.2. The monoisotopic (exact) mass is 276 g/mol. The quantitative estimate of drug-likeness (QED) is 0.743. The lowest BCUT2D eigenvalue weighted by Gasteiger charge is -2.19. The number of sulfone groups is 1. The van der Waals surface area contributed by atoms with Crippen LogP contribution in [-0.2, 0) is 14.6 Å². The first-order chi connectivity index (χ1) is 8.21. The fourth-order valence-electron chi connectivity index (χ4n) is 2.06. The van der Waals surface area contributed by atoms with Gasteiger partial charge in [0.05, 0.1) is 11.0 Å². The molecule has 0 unspecified atom stereocenters. The van der Waals surface area contributed by atoms with Gasteiger partial charge in [-0.3, -0.25) is 4.79 Å². The summed E-state index contributed by atoms with van der Waals surface area (Å²) in [6.45, 7) is 3.97. The predicted octanol–water partition coefficient (Wildman–Crippen LogP) is 0.587. The number of hydrogen-bond donors (Lipinski definition) is 2. The van der Waals surface area contributed by atoms with Crippen LogP contribution in [0.15, 0.2) is 0 Å². The van der Waals surface area contributed by atoms with Crippen molar-refractivity contribution in [2.45, 2.75) is 56.7 Å². The van der Waals surface area contributed by atoms with Gasteiger partial charge in [0.1, 0.15) is 0 Å². The SMILES string of the molecule is CC(C)(N)CNC(=O)CCS(=O)(=O)C1CCCC1. The summed E-state index contributed by atoms with van der Waals surface area (Å²) in [6, 6.07) is 0. The van der Waals surface area contributed by atoms with Crippen LogP contribution in [0.5, 0.6) is 0 Å². The molecule has 0 bridgehead atoms. The van der Waals surface area contributed by atoms with Crippen LogP contribution in [0, 0.1) is 0 Å². The van der Waals surface area contributed by atoms with Crippen molar-refractivity contribution in [2.24, 2.45) is 5.73 Å². The van der Waals surface area contributed by atoms with Crippen molar-refractivity contribution in [3.63, 3.8) is 0 Å². The minimum Gasteiger partial charge on any atom is -0.354 e. The summed E-state index contributed by atoms with van der Waals surface area (Å²) in [5, 5.41) is 2.43. The van der Waals surface area contributed by atoms with E-state index in [-0.39, 0.29) is 23.3 Å². The van der Waals surface area contributed by atoms with Gasteiger partial charge in [-0.15, -0.1) is 0 Å². The van der Waals surface area contributed by atoms with E-state index in [9.17, 15) is 13.2 Å². The van der Waals surface area contributed by atoms with Crippen molar-refractivity contribution >= 4 is 15.7 Å². The molecule has 1 saturated carbocycles. The molecule has 0 aromatic carbocycles. The van der Waals surface area contributed by atoms with Gasteiger partial charge >= 0.3 is 0 Å². The fraction of sp³-hybridized carbons (Fsp3) is 0.917. The minimum atomic E-state index is -3.10. The van der Waals surface area contributed by atoms with Gasteiger partial charge in [0, 0.05) is 18.5 Å². The Morgan fingerprint density at radius 2 is 1.89 bits per heavy atom. The van der Waals surface area contributed by atoms with Gasteiger partial charge < -0.3 is 11.1 Å². The molecule has 0 heterocycles. The van der Waals surface area contributed by atoms with E-state index in [0.29, 0.717) is 6.54 Å². The number of carbonyl (C=O) groups excluding carboxylic acids is 1. The maximum atomic E-state index is 11.9. The summed E-state index contributed by atoms with van der Waals surface area (Å²) in [5.74, 6) is -0.288. The lowest BCUT2D eigenvalue weighted by molar-refractivity contribution is -0.120. The maximum absolute atomic E-state index is 11.9. The van der Waals surface area contributed by atoms with Crippen molar-refractivity contribution in [3.05, 3.63) is 0 Å². The van der Waals surface area contributed by atoms with Crippen LogP contribution in [0.1, 0.15) is 46.0 Å². The molecule has 1 amide bonds. The van der Waals surface area contributed by atoms with Crippen LogP contribution in [0.25, 0.3) is 0 Å². The third-order valence-corrected chi connectivity index (χ3v) is 5.43. The molecule has 0 aliphatic heterocycles. The van der Waals surface area contributed by atoms with Gasteiger partial charge in [-0.05, 0) is 26.7 Å². The third kappa shape index (κ3) is 5.35. The summed E-state index contributed by atoms with van der Waals surface area (Å²) >= 11 is 0. The summed E-state index contributed by atoms with van der Waals surface area (Å²) in [7, 11) is -3.10. The molecule has 1 fully saturated rings. The lowest BCUT2D eigenvalue weighted by Crippen LogP contribution is -2.45.